The lowest BCUT2D eigenvalue weighted by atomic mass is 10.3. The van der Waals surface area contributed by atoms with E-state index in [4.69, 9.17) is 0 Å². The molecule has 2 N–H and O–H groups in total. The van der Waals surface area contributed by atoms with E-state index >= 15 is 0 Å². The van der Waals surface area contributed by atoms with Gasteiger partial charge in [0.25, 0.3) is 0 Å². The first-order valence-corrected chi connectivity index (χ1v) is 5.60. The van der Waals surface area contributed by atoms with Crippen LogP contribution >= 0.6 is 0 Å². The largest absolute Gasteiger partial charge is 0.324 e. The van der Waals surface area contributed by atoms with E-state index in [0.29, 0.717) is 0 Å². The summed E-state index contributed by atoms with van der Waals surface area (Å²) in [5.74, 6) is -4.17. The zero-order valence-electron chi connectivity index (χ0n) is 10.7. The number of nitrogens with zero attached hydrogens (tertiary/aromatic N) is 2. The number of rotatable bonds is 2. The van der Waals surface area contributed by atoms with Crippen LogP contribution in [-0.2, 0) is 7.05 Å². The number of hydrogen-bond donors (Lipinski definition) is 2. The maximum absolute atomic E-state index is 13.4. The van der Waals surface area contributed by atoms with Crippen LogP contribution in [0.3, 0.4) is 0 Å². The van der Waals surface area contributed by atoms with E-state index in [1.165, 1.54) is 4.68 Å². The number of urea groups is 1. The Balaban J connectivity index is 2.10. The Labute approximate surface area is 112 Å². The molecule has 5 nitrogen and oxygen atoms in total. The third-order valence-corrected chi connectivity index (χ3v) is 2.64. The standard InChI is InChI=1S/C12H11F3N4O/c1-6-5-9(18-19(6)2)17-12(20)16-8-4-3-7(13)10(14)11(8)15/h3-5H,1-2H3,(H2,16,17,18,20). The lowest BCUT2D eigenvalue weighted by Crippen LogP contribution is -2.21. The molecule has 0 spiro atoms. The number of aryl methyl sites for hydroxylation is 2. The molecule has 0 atom stereocenters. The molecule has 1 aromatic carbocycles. The number of anilines is 2. The molecule has 20 heavy (non-hydrogen) atoms. The summed E-state index contributed by atoms with van der Waals surface area (Å²) >= 11 is 0. The van der Waals surface area contributed by atoms with Crippen molar-refractivity contribution in [3.8, 4) is 0 Å². The number of amides is 2. The Bertz CT molecular complexity index is 649. The number of hydrogen-bond acceptors (Lipinski definition) is 2. The predicted molar refractivity (Wildman–Crippen MR) is 66.9 cm³/mol. The van der Waals surface area contributed by atoms with Crippen LogP contribution in [0.1, 0.15) is 5.69 Å². The highest BCUT2D eigenvalue weighted by Crippen LogP contribution is 2.19. The third-order valence-electron chi connectivity index (χ3n) is 2.64. The second kappa shape index (κ2) is 5.24. The Morgan fingerprint density at radius 3 is 2.50 bits per heavy atom. The maximum atomic E-state index is 13.4. The van der Waals surface area contributed by atoms with Crippen LogP contribution in [0, 0.1) is 24.4 Å². The van der Waals surface area contributed by atoms with E-state index in [9.17, 15) is 18.0 Å². The maximum Gasteiger partial charge on any atom is 0.324 e. The van der Waals surface area contributed by atoms with Crippen LogP contribution < -0.4 is 10.6 Å². The number of carbonyl (C=O) groups is 1. The first-order chi connectivity index (χ1) is 9.38. The van der Waals surface area contributed by atoms with E-state index in [1.54, 1.807) is 20.0 Å². The van der Waals surface area contributed by atoms with Gasteiger partial charge in [0.2, 0.25) is 0 Å². The molecule has 1 aromatic heterocycles. The van der Waals surface area contributed by atoms with Crippen LogP contribution in [0.5, 0.6) is 0 Å². The van der Waals surface area contributed by atoms with Crippen molar-refractivity contribution in [1.82, 2.24) is 9.78 Å². The topological polar surface area (TPSA) is 59.0 Å². The molecule has 0 aliphatic rings. The monoisotopic (exact) mass is 284 g/mol. The molecule has 0 aliphatic carbocycles. The average Bonchev–Trinajstić information content (AvgIpc) is 2.69. The summed E-state index contributed by atoms with van der Waals surface area (Å²) in [4.78, 5) is 11.6. The van der Waals surface area contributed by atoms with E-state index in [1.807, 2.05) is 0 Å². The highest BCUT2D eigenvalue weighted by Gasteiger charge is 2.15. The van der Waals surface area contributed by atoms with Gasteiger partial charge in [-0.25, -0.2) is 18.0 Å². The van der Waals surface area contributed by atoms with E-state index in [0.717, 1.165) is 17.8 Å². The summed E-state index contributed by atoms with van der Waals surface area (Å²) in [5.41, 5.74) is 0.341. The Morgan fingerprint density at radius 1 is 1.20 bits per heavy atom. The molecule has 2 rings (SSSR count). The van der Waals surface area contributed by atoms with Crippen molar-refractivity contribution >= 4 is 17.5 Å². The highest BCUT2D eigenvalue weighted by molar-refractivity contribution is 5.99. The number of carbonyl (C=O) groups excluding carboxylic acids is 1. The summed E-state index contributed by atoms with van der Waals surface area (Å²) in [7, 11) is 1.69. The molecule has 2 amide bonds. The van der Waals surface area contributed by atoms with E-state index in [-0.39, 0.29) is 5.82 Å². The van der Waals surface area contributed by atoms with Gasteiger partial charge in [0, 0.05) is 18.8 Å². The third kappa shape index (κ3) is 2.73. The van der Waals surface area contributed by atoms with Gasteiger partial charge in [-0.3, -0.25) is 10.00 Å². The molecule has 0 saturated carbocycles. The lowest BCUT2D eigenvalue weighted by Gasteiger charge is -2.07. The van der Waals surface area contributed by atoms with Crippen LogP contribution in [0.2, 0.25) is 0 Å². The van der Waals surface area contributed by atoms with Crippen LogP contribution in [0.4, 0.5) is 29.5 Å². The lowest BCUT2D eigenvalue weighted by molar-refractivity contribution is 0.262. The summed E-state index contributed by atoms with van der Waals surface area (Å²) in [6.07, 6.45) is 0. The van der Waals surface area contributed by atoms with Crippen LogP contribution in [0.15, 0.2) is 18.2 Å². The van der Waals surface area contributed by atoms with Gasteiger partial charge >= 0.3 is 6.03 Å². The summed E-state index contributed by atoms with van der Waals surface area (Å²) in [6.45, 7) is 1.78. The van der Waals surface area contributed by atoms with Crippen molar-refractivity contribution in [1.29, 1.82) is 0 Å². The molecule has 0 fully saturated rings. The molecule has 1 heterocycles. The number of nitrogens with one attached hydrogen (secondary N) is 2. The van der Waals surface area contributed by atoms with Crippen molar-refractivity contribution in [3.05, 3.63) is 41.3 Å². The van der Waals surface area contributed by atoms with Crippen molar-refractivity contribution in [3.63, 3.8) is 0 Å². The molecule has 0 saturated heterocycles. The Morgan fingerprint density at radius 2 is 1.90 bits per heavy atom. The fraction of sp³-hybridized carbons (Fsp3) is 0.167. The molecule has 0 unspecified atom stereocenters. The van der Waals surface area contributed by atoms with Crippen molar-refractivity contribution in [2.24, 2.45) is 7.05 Å². The van der Waals surface area contributed by atoms with Gasteiger partial charge in [-0.1, -0.05) is 0 Å². The van der Waals surface area contributed by atoms with Crippen LogP contribution in [-0.4, -0.2) is 15.8 Å². The van der Waals surface area contributed by atoms with Crippen LogP contribution in [0.25, 0.3) is 0 Å². The zero-order valence-corrected chi connectivity index (χ0v) is 10.7. The van der Waals surface area contributed by atoms with Crippen molar-refractivity contribution < 1.29 is 18.0 Å². The molecule has 0 aliphatic heterocycles. The van der Waals surface area contributed by atoms with Gasteiger partial charge in [-0.2, -0.15) is 5.10 Å². The zero-order chi connectivity index (χ0) is 14.9. The minimum absolute atomic E-state index is 0.255. The fourth-order valence-electron chi connectivity index (χ4n) is 1.51. The quantitative estimate of drug-likeness (QED) is 0.833. The first kappa shape index (κ1) is 13.9. The summed E-state index contributed by atoms with van der Waals surface area (Å²) < 4.78 is 40.6. The van der Waals surface area contributed by atoms with Gasteiger partial charge in [0.1, 0.15) is 0 Å². The molecule has 2 aromatic rings. The normalized spacial score (nSPS) is 10.4. The second-order valence-electron chi connectivity index (χ2n) is 4.10. The Hall–Kier alpha value is -2.51. The fourth-order valence-corrected chi connectivity index (χ4v) is 1.51. The molecule has 106 valence electrons. The minimum atomic E-state index is -1.64. The highest BCUT2D eigenvalue weighted by atomic mass is 19.2. The SMILES string of the molecule is Cc1cc(NC(=O)Nc2ccc(F)c(F)c2F)nn1C. The Kier molecular flexibility index (Phi) is 3.64. The summed E-state index contributed by atoms with van der Waals surface area (Å²) in [6, 6.07) is 2.44. The number of aromatic nitrogens is 2. The van der Waals surface area contributed by atoms with Gasteiger partial charge in [-0.05, 0) is 19.1 Å². The number of benzene rings is 1. The van der Waals surface area contributed by atoms with Crippen molar-refractivity contribution in [2.45, 2.75) is 6.92 Å². The first-order valence-electron chi connectivity index (χ1n) is 5.60. The molecule has 8 heteroatoms. The molecular formula is C12H11F3N4O. The second-order valence-corrected chi connectivity index (χ2v) is 4.10. The van der Waals surface area contributed by atoms with Crippen molar-refractivity contribution in [2.75, 3.05) is 10.6 Å². The molecule has 0 radical (unpaired) electrons. The van der Waals surface area contributed by atoms with Gasteiger partial charge in [0.05, 0.1) is 5.69 Å². The van der Waals surface area contributed by atoms with Gasteiger partial charge in [0.15, 0.2) is 23.3 Å². The molecular weight excluding hydrogens is 273 g/mol. The van der Waals surface area contributed by atoms with E-state index < -0.39 is 29.2 Å². The van der Waals surface area contributed by atoms with Gasteiger partial charge < -0.3 is 5.32 Å². The summed E-state index contributed by atoms with van der Waals surface area (Å²) in [5, 5.41) is 8.39. The molecule has 0 bridgehead atoms. The average molecular weight is 284 g/mol. The number of halogens is 3. The predicted octanol–water partition coefficient (Wildman–Crippen LogP) is 2.79. The van der Waals surface area contributed by atoms with Gasteiger partial charge in [-0.15, -0.1) is 0 Å². The van der Waals surface area contributed by atoms with E-state index in [2.05, 4.69) is 15.7 Å². The minimum Gasteiger partial charge on any atom is -0.305 e. The smallest absolute Gasteiger partial charge is 0.305 e.